The van der Waals surface area contributed by atoms with Gasteiger partial charge < -0.3 is 5.32 Å². The second-order valence-electron chi connectivity index (χ2n) is 7.18. The molecular weight excluding hydrogens is 350 g/mol. The Balaban J connectivity index is 1.50. The Bertz CT molecular complexity index is 1270. The third kappa shape index (κ3) is 3.63. The summed E-state index contributed by atoms with van der Waals surface area (Å²) in [5.41, 5.74) is 7.03. The molecule has 0 aliphatic heterocycles. The predicted molar refractivity (Wildman–Crippen MR) is 125 cm³/mol. The van der Waals surface area contributed by atoms with E-state index >= 15 is 0 Å². The molecule has 0 aliphatic carbocycles. The first kappa shape index (κ1) is 17.3. The molecule has 1 nitrogen and oxygen atoms in total. The number of para-hydroxylation sites is 1. The van der Waals surface area contributed by atoms with E-state index in [1.54, 1.807) is 0 Å². The SMILES string of the molecule is c1ccc(-c2ccccc2Nc2cccc(-c3ccc4ccccc4c3)c2)cc1. The molecule has 5 rings (SSSR count). The number of hydrogen-bond acceptors (Lipinski definition) is 1. The van der Waals surface area contributed by atoms with Crippen LogP contribution in [0.15, 0.2) is 121 Å². The Morgan fingerprint density at radius 2 is 1.10 bits per heavy atom. The van der Waals surface area contributed by atoms with Crippen LogP contribution >= 0.6 is 0 Å². The normalized spacial score (nSPS) is 10.8. The molecule has 0 aliphatic rings. The third-order valence-electron chi connectivity index (χ3n) is 5.24. The first-order chi connectivity index (χ1) is 14.4. The molecule has 0 radical (unpaired) electrons. The molecule has 0 heterocycles. The van der Waals surface area contributed by atoms with Gasteiger partial charge in [0.05, 0.1) is 0 Å². The number of rotatable bonds is 4. The minimum absolute atomic E-state index is 1.08. The van der Waals surface area contributed by atoms with E-state index in [0.717, 1.165) is 11.4 Å². The lowest BCUT2D eigenvalue weighted by molar-refractivity contribution is 1.53. The zero-order valence-corrected chi connectivity index (χ0v) is 16.0. The highest BCUT2D eigenvalue weighted by atomic mass is 14.9. The van der Waals surface area contributed by atoms with Crippen LogP contribution in [0, 0.1) is 0 Å². The van der Waals surface area contributed by atoms with Crippen molar-refractivity contribution in [3.63, 3.8) is 0 Å². The predicted octanol–water partition coefficient (Wildman–Crippen LogP) is 7.92. The lowest BCUT2D eigenvalue weighted by atomic mass is 10.0. The first-order valence-corrected chi connectivity index (χ1v) is 9.87. The zero-order valence-electron chi connectivity index (χ0n) is 16.0. The van der Waals surface area contributed by atoms with E-state index < -0.39 is 0 Å². The molecule has 0 amide bonds. The van der Waals surface area contributed by atoms with Gasteiger partial charge in [-0.15, -0.1) is 0 Å². The molecule has 1 heteroatoms. The van der Waals surface area contributed by atoms with Gasteiger partial charge in [-0.25, -0.2) is 0 Å². The summed E-state index contributed by atoms with van der Waals surface area (Å²) >= 11 is 0. The standard InChI is InChI=1S/C28H21N/c1-2-10-22(11-3-1)27-15-6-7-16-28(27)29-26-14-8-13-24(20-26)25-18-17-21-9-4-5-12-23(21)19-25/h1-20,29H. The van der Waals surface area contributed by atoms with Crippen LogP contribution in [-0.2, 0) is 0 Å². The maximum atomic E-state index is 3.62. The molecule has 0 unspecified atom stereocenters. The van der Waals surface area contributed by atoms with Gasteiger partial charge in [-0.1, -0.05) is 97.1 Å². The van der Waals surface area contributed by atoms with Gasteiger partial charge in [-0.2, -0.15) is 0 Å². The quantitative estimate of drug-likeness (QED) is 0.338. The van der Waals surface area contributed by atoms with Crippen molar-refractivity contribution in [3.8, 4) is 22.3 Å². The van der Waals surface area contributed by atoms with Gasteiger partial charge >= 0.3 is 0 Å². The Kier molecular flexibility index (Phi) is 4.56. The van der Waals surface area contributed by atoms with Gasteiger partial charge in [-0.3, -0.25) is 0 Å². The van der Waals surface area contributed by atoms with Crippen molar-refractivity contribution < 1.29 is 0 Å². The van der Waals surface area contributed by atoms with E-state index in [9.17, 15) is 0 Å². The minimum Gasteiger partial charge on any atom is -0.355 e. The molecule has 0 saturated carbocycles. The van der Waals surface area contributed by atoms with Crippen LogP contribution in [0.2, 0.25) is 0 Å². The highest BCUT2D eigenvalue weighted by molar-refractivity contribution is 5.88. The molecule has 29 heavy (non-hydrogen) atoms. The van der Waals surface area contributed by atoms with Gasteiger partial charge in [0.15, 0.2) is 0 Å². The highest BCUT2D eigenvalue weighted by Gasteiger charge is 2.06. The third-order valence-corrected chi connectivity index (χ3v) is 5.24. The van der Waals surface area contributed by atoms with Crippen molar-refractivity contribution in [2.45, 2.75) is 0 Å². The van der Waals surface area contributed by atoms with E-state index in [1.165, 1.54) is 33.0 Å². The van der Waals surface area contributed by atoms with E-state index in [4.69, 9.17) is 0 Å². The number of nitrogens with one attached hydrogen (secondary N) is 1. The van der Waals surface area contributed by atoms with Crippen molar-refractivity contribution >= 4 is 22.1 Å². The van der Waals surface area contributed by atoms with Gasteiger partial charge in [0.2, 0.25) is 0 Å². The molecule has 1 N–H and O–H groups in total. The fourth-order valence-corrected chi connectivity index (χ4v) is 3.76. The second kappa shape index (κ2) is 7.65. The summed E-state index contributed by atoms with van der Waals surface area (Å²) in [6.45, 7) is 0. The Morgan fingerprint density at radius 1 is 0.414 bits per heavy atom. The number of benzene rings is 5. The monoisotopic (exact) mass is 371 g/mol. The average molecular weight is 371 g/mol. The highest BCUT2D eigenvalue weighted by Crippen LogP contribution is 2.32. The van der Waals surface area contributed by atoms with E-state index in [-0.39, 0.29) is 0 Å². The van der Waals surface area contributed by atoms with Crippen molar-refractivity contribution in [3.05, 3.63) is 121 Å². The van der Waals surface area contributed by atoms with Gasteiger partial charge in [0.25, 0.3) is 0 Å². The maximum absolute atomic E-state index is 3.62. The molecular formula is C28H21N. The molecule has 0 spiro atoms. The van der Waals surface area contributed by atoms with Crippen LogP contribution in [0.1, 0.15) is 0 Å². The van der Waals surface area contributed by atoms with Crippen LogP contribution in [0.25, 0.3) is 33.0 Å². The largest absolute Gasteiger partial charge is 0.355 e. The molecule has 0 saturated heterocycles. The van der Waals surface area contributed by atoms with Crippen molar-refractivity contribution in [1.29, 1.82) is 0 Å². The summed E-state index contributed by atoms with van der Waals surface area (Å²) in [4.78, 5) is 0. The summed E-state index contributed by atoms with van der Waals surface area (Å²) < 4.78 is 0. The first-order valence-electron chi connectivity index (χ1n) is 9.87. The van der Waals surface area contributed by atoms with Crippen LogP contribution in [0.5, 0.6) is 0 Å². The van der Waals surface area contributed by atoms with Crippen molar-refractivity contribution in [1.82, 2.24) is 0 Å². The topological polar surface area (TPSA) is 12.0 Å². The Labute approximate surface area is 171 Å². The smallest absolute Gasteiger partial charge is 0.0463 e. The van der Waals surface area contributed by atoms with Crippen LogP contribution < -0.4 is 5.32 Å². The molecule has 5 aromatic rings. The molecule has 0 aromatic heterocycles. The summed E-state index contributed by atoms with van der Waals surface area (Å²) in [6.07, 6.45) is 0. The minimum atomic E-state index is 1.08. The van der Waals surface area contributed by atoms with E-state index in [1.807, 2.05) is 6.07 Å². The fourth-order valence-electron chi connectivity index (χ4n) is 3.76. The number of anilines is 2. The van der Waals surface area contributed by atoms with Gasteiger partial charge in [-0.05, 0) is 51.7 Å². The molecule has 0 atom stereocenters. The summed E-state index contributed by atoms with van der Waals surface area (Å²) in [6, 6.07) is 42.7. The lowest BCUT2D eigenvalue weighted by Gasteiger charge is -2.13. The number of fused-ring (bicyclic) bond motifs is 1. The summed E-state index contributed by atoms with van der Waals surface area (Å²) in [7, 11) is 0. The summed E-state index contributed by atoms with van der Waals surface area (Å²) in [5, 5.41) is 6.15. The second-order valence-corrected chi connectivity index (χ2v) is 7.18. The van der Waals surface area contributed by atoms with Crippen LogP contribution in [0.4, 0.5) is 11.4 Å². The average Bonchev–Trinajstić information content (AvgIpc) is 2.80. The van der Waals surface area contributed by atoms with Crippen LogP contribution in [-0.4, -0.2) is 0 Å². The molecule has 0 fully saturated rings. The Hall–Kier alpha value is -3.84. The molecule has 138 valence electrons. The Morgan fingerprint density at radius 3 is 2.00 bits per heavy atom. The van der Waals surface area contributed by atoms with Crippen molar-refractivity contribution in [2.75, 3.05) is 5.32 Å². The molecule has 5 aromatic carbocycles. The summed E-state index contributed by atoms with van der Waals surface area (Å²) in [5.74, 6) is 0. The van der Waals surface area contributed by atoms with E-state index in [2.05, 4.69) is 121 Å². The number of hydrogen-bond donors (Lipinski definition) is 1. The van der Waals surface area contributed by atoms with Crippen LogP contribution in [0.3, 0.4) is 0 Å². The van der Waals surface area contributed by atoms with E-state index in [0.29, 0.717) is 0 Å². The maximum Gasteiger partial charge on any atom is 0.0463 e. The lowest BCUT2D eigenvalue weighted by Crippen LogP contribution is -1.93. The fraction of sp³-hybridized carbons (Fsp3) is 0. The van der Waals surface area contributed by atoms with Crippen molar-refractivity contribution in [2.24, 2.45) is 0 Å². The van der Waals surface area contributed by atoms with Gasteiger partial charge in [0, 0.05) is 16.9 Å². The molecule has 0 bridgehead atoms. The zero-order chi connectivity index (χ0) is 19.5. The van der Waals surface area contributed by atoms with Gasteiger partial charge in [0.1, 0.15) is 0 Å².